The minimum Gasteiger partial charge on any atom is -0.306 e. The van der Waals surface area contributed by atoms with Gasteiger partial charge < -0.3 is 5.32 Å². The van der Waals surface area contributed by atoms with Crippen molar-refractivity contribution < 1.29 is 4.39 Å². The molecule has 4 heteroatoms. The predicted octanol–water partition coefficient (Wildman–Crippen LogP) is 4.98. The van der Waals surface area contributed by atoms with E-state index in [4.69, 9.17) is 23.2 Å². The molecular formula is C15H14Cl2FN. The van der Waals surface area contributed by atoms with Crippen LogP contribution in [0.25, 0.3) is 0 Å². The molecule has 0 unspecified atom stereocenters. The lowest BCUT2D eigenvalue weighted by molar-refractivity contribution is 0.544. The van der Waals surface area contributed by atoms with Gasteiger partial charge in [0.1, 0.15) is 5.82 Å². The van der Waals surface area contributed by atoms with Gasteiger partial charge in [0.2, 0.25) is 0 Å². The van der Waals surface area contributed by atoms with Gasteiger partial charge in [-0.2, -0.15) is 0 Å². The van der Waals surface area contributed by atoms with Crippen LogP contribution in [-0.2, 0) is 6.54 Å². The summed E-state index contributed by atoms with van der Waals surface area (Å²) in [7, 11) is 0. The van der Waals surface area contributed by atoms with Crippen LogP contribution in [0.4, 0.5) is 4.39 Å². The summed E-state index contributed by atoms with van der Waals surface area (Å²) < 4.78 is 13.7. The first-order chi connectivity index (χ1) is 9.08. The zero-order valence-corrected chi connectivity index (χ0v) is 12.0. The molecule has 2 aromatic rings. The molecule has 0 fully saturated rings. The second-order valence-corrected chi connectivity index (χ2v) is 5.21. The highest BCUT2D eigenvalue weighted by atomic mass is 35.5. The van der Waals surface area contributed by atoms with Gasteiger partial charge in [0.25, 0.3) is 0 Å². The summed E-state index contributed by atoms with van der Waals surface area (Å²) in [4.78, 5) is 0. The number of nitrogens with one attached hydrogen (secondary N) is 1. The first kappa shape index (κ1) is 14.3. The molecule has 0 spiro atoms. The molecule has 0 aliphatic rings. The van der Waals surface area contributed by atoms with Gasteiger partial charge in [-0.05, 0) is 30.7 Å². The average molecular weight is 298 g/mol. The molecule has 0 bridgehead atoms. The van der Waals surface area contributed by atoms with Gasteiger partial charge in [0.05, 0.1) is 5.02 Å². The Hall–Kier alpha value is -1.09. The normalized spacial score (nSPS) is 12.4. The third-order valence-electron chi connectivity index (χ3n) is 3.00. The molecule has 0 saturated heterocycles. The summed E-state index contributed by atoms with van der Waals surface area (Å²) in [5.41, 5.74) is 1.67. The fourth-order valence-corrected chi connectivity index (χ4v) is 2.14. The molecule has 100 valence electrons. The number of rotatable bonds is 4. The molecule has 0 aliphatic heterocycles. The predicted molar refractivity (Wildman–Crippen MR) is 78.1 cm³/mol. The van der Waals surface area contributed by atoms with Gasteiger partial charge in [-0.3, -0.25) is 0 Å². The Morgan fingerprint density at radius 2 is 1.79 bits per heavy atom. The third-order valence-corrected chi connectivity index (χ3v) is 3.54. The largest absolute Gasteiger partial charge is 0.306 e. The van der Waals surface area contributed by atoms with Crippen LogP contribution in [0, 0.1) is 5.82 Å². The summed E-state index contributed by atoms with van der Waals surface area (Å²) in [5.74, 6) is -0.361. The molecule has 2 aromatic carbocycles. The van der Waals surface area contributed by atoms with Gasteiger partial charge in [-0.15, -0.1) is 0 Å². The molecule has 0 heterocycles. The first-order valence-electron chi connectivity index (χ1n) is 5.99. The first-order valence-corrected chi connectivity index (χ1v) is 6.75. The Balaban J connectivity index is 2.02. The van der Waals surface area contributed by atoms with Gasteiger partial charge in [-0.1, -0.05) is 47.5 Å². The SMILES string of the molecule is C[C@@H](NCc1cccc(Cl)c1F)c1ccc(Cl)cc1. The number of hydrogen-bond acceptors (Lipinski definition) is 1. The second-order valence-electron chi connectivity index (χ2n) is 4.37. The van der Waals surface area contributed by atoms with Crippen LogP contribution < -0.4 is 5.32 Å². The van der Waals surface area contributed by atoms with Gasteiger partial charge in [0.15, 0.2) is 0 Å². The maximum Gasteiger partial charge on any atom is 0.146 e. The van der Waals surface area contributed by atoms with E-state index in [1.807, 2.05) is 31.2 Å². The van der Waals surface area contributed by atoms with E-state index in [1.165, 1.54) is 0 Å². The summed E-state index contributed by atoms with van der Waals surface area (Å²) in [6.07, 6.45) is 0. The van der Waals surface area contributed by atoms with Crippen LogP contribution >= 0.6 is 23.2 Å². The monoisotopic (exact) mass is 297 g/mol. The molecule has 0 aromatic heterocycles. The second kappa shape index (κ2) is 6.38. The van der Waals surface area contributed by atoms with Crippen molar-refractivity contribution in [3.05, 3.63) is 69.5 Å². The van der Waals surface area contributed by atoms with Crippen molar-refractivity contribution in [3.63, 3.8) is 0 Å². The highest BCUT2D eigenvalue weighted by molar-refractivity contribution is 6.31. The van der Waals surface area contributed by atoms with Crippen molar-refractivity contribution in [1.82, 2.24) is 5.32 Å². The summed E-state index contributed by atoms with van der Waals surface area (Å²) >= 11 is 11.6. The van der Waals surface area contributed by atoms with Crippen LogP contribution in [0.5, 0.6) is 0 Å². The molecule has 19 heavy (non-hydrogen) atoms. The Morgan fingerprint density at radius 1 is 1.11 bits per heavy atom. The number of halogens is 3. The minimum atomic E-state index is -0.361. The Kier molecular flexibility index (Phi) is 4.81. The van der Waals surface area contributed by atoms with Crippen LogP contribution in [0.15, 0.2) is 42.5 Å². The Bertz CT molecular complexity index is 555. The number of benzene rings is 2. The van der Waals surface area contributed by atoms with Gasteiger partial charge in [-0.25, -0.2) is 4.39 Å². The lowest BCUT2D eigenvalue weighted by Gasteiger charge is -2.15. The van der Waals surface area contributed by atoms with Gasteiger partial charge >= 0.3 is 0 Å². The number of hydrogen-bond donors (Lipinski definition) is 1. The Morgan fingerprint density at radius 3 is 2.47 bits per heavy atom. The molecule has 0 radical (unpaired) electrons. The molecule has 0 amide bonds. The maximum atomic E-state index is 13.7. The van der Waals surface area contributed by atoms with E-state index < -0.39 is 0 Å². The van der Waals surface area contributed by atoms with E-state index in [1.54, 1.807) is 18.2 Å². The lowest BCUT2D eigenvalue weighted by Crippen LogP contribution is -2.18. The molecule has 0 saturated carbocycles. The topological polar surface area (TPSA) is 12.0 Å². The standard InChI is InChI=1S/C15H14Cl2FN/c1-10(11-5-7-13(16)8-6-11)19-9-12-3-2-4-14(17)15(12)18/h2-8,10,19H,9H2,1H3/t10-/m1/s1. The Labute approximate surface area is 122 Å². The summed E-state index contributed by atoms with van der Waals surface area (Å²) in [6, 6.07) is 12.7. The van der Waals surface area contributed by atoms with E-state index >= 15 is 0 Å². The van der Waals surface area contributed by atoms with Crippen LogP contribution in [-0.4, -0.2) is 0 Å². The molecule has 1 nitrogen and oxygen atoms in total. The fraction of sp³-hybridized carbons (Fsp3) is 0.200. The van der Waals surface area contributed by atoms with Crippen molar-refractivity contribution in [2.24, 2.45) is 0 Å². The lowest BCUT2D eigenvalue weighted by atomic mass is 10.1. The quantitative estimate of drug-likeness (QED) is 0.839. The van der Waals surface area contributed by atoms with E-state index in [2.05, 4.69) is 5.32 Å². The van der Waals surface area contributed by atoms with Crippen LogP contribution in [0.3, 0.4) is 0 Å². The highest BCUT2D eigenvalue weighted by Crippen LogP contribution is 2.20. The smallest absolute Gasteiger partial charge is 0.146 e. The van der Waals surface area contributed by atoms with E-state index in [-0.39, 0.29) is 16.9 Å². The van der Waals surface area contributed by atoms with Crippen LogP contribution in [0.1, 0.15) is 24.1 Å². The van der Waals surface area contributed by atoms with Crippen LogP contribution in [0.2, 0.25) is 10.0 Å². The van der Waals surface area contributed by atoms with E-state index in [0.29, 0.717) is 17.1 Å². The van der Waals surface area contributed by atoms with E-state index in [0.717, 1.165) is 5.56 Å². The van der Waals surface area contributed by atoms with Crippen molar-refractivity contribution in [2.45, 2.75) is 19.5 Å². The average Bonchev–Trinajstić information content (AvgIpc) is 2.41. The van der Waals surface area contributed by atoms with E-state index in [9.17, 15) is 4.39 Å². The molecule has 2 rings (SSSR count). The highest BCUT2D eigenvalue weighted by Gasteiger charge is 2.09. The van der Waals surface area contributed by atoms with Crippen molar-refractivity contribution in [2.75, 3.05) is 0 Å². The minimum absolute atomic E-state index is 0.107. The molecular weight excluding hydrogens is 284 g/mol. The zero-order chi connectivity index (χ0) is 13.8. The maximum absolute atomic E-state index is 13.7. The van der Waals surface area contributed by atoms with Crippen molar-refractivity contribution >= 4 is 23.2 Å². The van der Waals surface area contributed by atoms with Crippen molar-refractivity contribution in [3.8, 4) is 0 Å². The fourth-order valence-electron chi connectivity index (χ4n) is 1.82. The molecule has 1 N–H and O–H groups in total. The molecule has 1 atom stereocenters. The zero-order valence-electron chi connectivity index (χ0n) is 10.5. The summed E-state index contributed by atoms with van der Waals surface area (Å²) in [6.45, 7) is 2.45. The third kappa shape index (κ3) is 3.69. The van der Waals surface area contributed by atoms with Crippen molar-refractivity contribution in [1.29, 1.82) is 0 Å². The van der Waals surface area contributed by atoms with Gasteiger partial charge in [0, 0.05) is 23.2 Å². The summed E-state index contributed by atoms with van der Waals surface area (Å²) in [5, 5.41) is 4.12. The molecule has 0 aliphatic carbocycles.